The molecule has 2 atom stereocenters. The Kier molecular flexibility index (Phi) is 9.60. The van der Waals surface area contributed by atoms with Crippen LogP contribution in [0.15, 0.2) is 30.9 Å². The lowest BCUT2D eigenvalue weighted by atomic mass is 9.97. The second-order valence-electron chi connectivity index (χ2n) is 7.31. The van der Waals surface area contributed by atoms with E-state index in [1.54, 1.807) is 4.90 Å². The average molecular weight is 422 g/mol. The van der Waals surface area contributed by atoms with Gasteiger partial charge in [-0.05, 0) is 36.1 Å². The third-order valence-corrected chi connectivity index (χ3v) is 5.14. The molecule has 0 saturated carbocycles. The molecule has 0 aromatic heterocycles. The highest BCUT2D eigenvalue weighted by Crippen LogP contribution is 2.27. The van der Waals surface area contributed by atoms with Crippen LogP contribution in [-0.2, 0) is 14.3 Å². The molecule has 1 aliphatic heterocycles. The maximum absolute atomic E-state index is 13.5. The largest absolute Gasteiger partial charge is 0.444 e. The molecular weight excluding hydrogens is 389 g/mol. The standard InChI is InChI=1S/C22H32FN3O4/c1-4-16(3)19-7-6-17(23)14-20(19)24-9-12-29-13-10-25-22(28)30-18-8-11-26(15-18)21(27)5-2/h5-7,14,16,18,24H,2,4,8-13,15H2,1,3H3,(H,25,28). The maximum atomic E-state index is 13.5. The summed E-state index contributed by atoms with van der Waals surface area (Å²) >= 11 is 0. The molecule has 1 aliphatic rings. The zero-order valence-corrected chi connectivity index (χ0v) is 17.8. The first-order chi connectivity index (χ1) is 14.4. The van der Waals surface area contributed by atoms with Gasteiger partial charge in [0.15, 0.2) is 0 Å². The van der Waals surface area contributed by atoms with Crippen molar-refractivity contribution in [3.05, 3.63) is 42.2 Å². The van der Waals surface area contributed by atoms with Gasteiger partial charge in [0.2, 0.25) is 5.91 Å². The van der Waals surface area contributed by atoms with Crippen molar-refractivity contribution < 1.29 is 23.5 Å². The molecule has 1 saturated heterocycles. The van der Waals surface area contributed by atoms with Crippen LogP contribution in [0.5, 0.6) is 0 Å². The first kappa shape index (κ1) is 23.7. The second-order valence-corrected chi connectivity index (χ2v) is 7.31. The van der Waals surface area contributed by atoms with E-state index in [2.05, 4.69) is 31.1 Å². The summed E-state index contributed by atoms with van der Waals surface area (Å²) in [6, 6.07) is 4.80. The number of nitrogens with zero attached hydrogens (tertiary/aromatic N) is 1. The van der Waals surface area contributed by atoms with Crippen molar-refractivity contribution in [2.45, 2.75) is 38.7 Å². The lowest BCUT2D eigenvalue weighted by Crippen LogP contribution is -2.34. The number of carbonyl (C=O) groups is 2. The molecule has 8 heteroatoms. The summed E-state index contributed by atoms with van der Waals surface area (Å²) in [5, 5.41) is 5.85. The van der Waals surface area contributed by atoms with Crippen molar-refractivity contribution in [2.75, 3.05) is 44.7 Å². The predicted molar refractivity (Wildman–Crippen MR) is 114 cm³/mol. The summed E-state index contributed by atoms with van der Waals surface area (Å²) in [6.07, 6.45) is 2.03. The van der Waals surface area contributed by atoms with E-state index in [0.717, 1.165) is 17.7 Å². The molecule has 2 unspecified atom stereocenters. The molecule has 2 rings (SSSR count). The lowest BCUT2D eigenvalue weighted by Gasteiger charge is -2.17. The van der Waals surface area contributed by atoms with E-state index < -0.39 is 6.09 Å². The van der Waals surface area contributed by atoms with Crippen molar-refractivity contribution >= 4 is 17.7 Å². The minimum Gasteiger partial charge on any atom is -0.444 e. The number of hydrogen-bond donors (Lipinski definition) is 2. The van der Waals surface area contributed by atoms with Crippen LogP contribution in [0.1, 0.15) is 38.2 Å². The van der Waals surface area contributed by atoms with Crippen LogP contribution in [0.3, 0.4) is 0 Å². The number of amides is 2. The highest BCUT2D eigenvalue weighted by molar-refractivity contribution is 5.87. The van der Waals surface area contributed by atoms with Gasteiger partial charge in [-0.15, -0.1) is 0 Å². The van der Waals surface area contributed by atoms with E-state index >= 15 is 0 Å². The Morgan fingerprint density at radius 2 is 2.13 bits per heavy atom. The SMILES string of the molecule is C=CC(=O)N1CCC(OC(=O)NCCOCCNc2cc(F)ccc2C(C)CC)C1. The van der Waals surface area contributed by atoms with Crippen LogP contribution in [0.25, 0.3) is 0 Å². The van der Waals surface area contributed by atoms with Gasteiger partial charge in [0, 0.05) is 31.7 Å². The van der Waals surface area contributed by atoms with Crippen LogP contribution in [0.4, 0.5) is 14.9 Å². The van der Waals surface area contributed by atoms with E-state index in [1.807, 2.05) is 6.07 Å². The molecule has 166 valence electrons. The van der Waals surface area contributed by atoms with Gasteiger partial charge in [-0.25, -0.2) is 9.18 Å². The normalized spacial score (nSPS) is 16.8. The number of nitrogens with one attached hydrogen (secondary N) is 2. The molecule has 0 bridgehead atoms. The number of hydrogen-bond acceptors (Lipinski definition) is 5. The Morgan fingerprint density at radius 3 is 2.87 bits per heavy atom. The lowest BCUT2D eigenvalue weighted by molar-refractivity contribution is -0.125. The molecule has 1 aromatic carbocycles. The van der Waals surface area contributed by atoms with Gasteiger partial charge < -0.3 is 25.0 Å². The molecule has 7 nitrogen and oxygen atoms in total. The number of benzene rings is 1. The summed E-state index contributed by atoms with van der Waals surface area (Å²) in [5.41, 5.74) is 1.87. The number of ether oxygens (including phenoxy) is 2. The van der Waals surface area contributed by atoms with Crippen LogP contribution < -0.4 is 10.6 Å². The molecule has 30 heavy (non-hydrogen) atoms. The fourth-order valence-electron chi connectivity index (χ4n) is 3.26. The fraction of sp³-hybridized carbons (Fsp3) is 0.545. The second kappa shape index (κ2) is 12.2. The Hall–Kier alpha value is -2.61. The third-order valence-electron chi connectivity index (χ3n) is 5.14. The van der Waals surface area contributed by atoms with E-state index in [9.17, 15) is 14.0 Å². The molecular formula is C22H32FN3O4. The molecule has 0 aliphatic carbocycles. The number of likely N-dealkylation sites (tertiary alicyclic amines) is 1. The summed E-state index contributed by atoms with van der Waals surface area (Å²) in [7, 11) is 0. The smallest absolute Gasteiger partial charge is 0.407 e. The summed E-state index contributed by atoms with van der Waals surface area (Å²) in [6.45, 7) is 10.2. The van der Waals surface area contributed by atoms with Gasteiger partial charge in [-0.2, -0.15) is 0 Å². The van der Waals surface area contributed by atoms with Gasteiger partial charge in [0.1, 0.15) is 11.9 Å². The van der Waals surface area contributed by atoms with E-state index in [4.69, 9.17) is 9.47 Å². The molecule has 0 spiro atoms. The molecule has 1 fully saturated rings. The number of alkyl carbamates (subject to hydrolysis) is 1. The highest BCUT2D eigenvalue weighted by atomic mass is 19.1. The Bertz CT molecular complexity index is 728. The van der Waals surface area contributed by atoms with Crippen molar-refractivity contribution in [3.8, 4) is 0 Å². The van der Waals surface area contributed by atoms with Gasteiger partial charge in [-0.1, -0.05) is 26.5 Å². The van der Waals surface area contributed by atoms with Crippen LogP contribution >= 0.6 is 0 Å². The average Bonchev–Trinajstić information content (AvgIpc) is 3.20. The molecule has 1 heterocycles. The van der Waals surface area contributed by atoms with E-state index in [1.165, 1.54) is 18.2 Å². The third kappa shape index (κ3) is 7.33. The van der Waals surface area contributed by atoms with Crippen LogP contribution in [-0.4, -0.2) is 62.4 Å². The molecule has 2 N–H and O–H groups in total. The fourth-order valence-corrected chi connectivity index (χ4v) is 3.26. The molecule has 0 radical (unpaired) electrons. The summed E-state index contributed by atoms with van der Waals surface area (Å²) < 4.78 is 24.3. The zero-order chi connectivity index (χ0) is 21.9. The number of carbonyl (C=O) groups excluding carboxylic acids is 2. The van der Waals surface area contributed by atoms with Gasteiger partial charge in [0.25, 0.3) is 0 Å². The minimum absolute atomic E-state index is 0.155. The quantitative estimate of drug-likeness (QED) is 0.423. The summed E-state index contributed by atoms with van der Waals surface area (Å²) in [4.78, 5) is 25.0. The van der Waals surface area contributed by atoms with Crippen molar-refractivity contribution in [3.63, 3.8) is 0 Å². The maximum Gasteiger partial charge on any atom is 0.407 e. The summed E-state index contributed by atoms with van der Waals surface area (Å²) in [5.74, 6) is -0.0866. The molecule has 2 amide bonds. The van der Waals surface area contributed by atoms with Crippen LogP contribution in [0.2, 0.25) is 0 Å². The minimum atomic E-state index is -0.521. The Labute approximate surface area is 177 Å². The number of rotatable bonds is 11. The molecule has 1 aromatic rings. The number of halogens is 1. The van der Waals surface area contributed by atoms with Crippen molar-refractivity contribution in [1.29, 1.82) is 0 Å². The monoisotopic (exact) mass is 421 g/mol. The topological polar surface area (TPSA) is 79.9 Å². The first-order valence-electron chi connectivity index (χ1n) is 10.4. The van der Waals surface area contributed by atoms with Gasteiger partial charge in [-0.3, -0.25) is 4.79 Å². The van der Waals surface area contributed by atoms with Crippen molar-refractivity contribution in [2.24, 2.45) is 0 Å². The zero-order valence-electron chi connectivity index (χ0n) is 17.8. The van der Waals surface area contributed by atoms with Crippen LogP contribution in [0, 0.1) is 5.82 Å². The Balaban J connectivity index is 1.58. The predicted octanol–water partition coefficient (Wildman–Crippen LogP) is 3.28. The van der Waals surface area contributed by atoms with Crippen molar-refractivity contribution in [1.82, 2.24) is 10.2 Å². The van der Waals surface area contributed by atoms with E-state index in [-0.39, 0.29) is 17.8 Å². The highest BCUT2D eigenvalue weighted by Gasteiger charge is 2.27. The van der Waals surface area contributed by atoms with E-state index in [0.29, 0.717) is 51.7 Å². The Morgan fingerprint density at radius 1 is 1.37 bits per heavy atom. The van der Waals surface area contributed by atoms with Gasteiger partial charge >= 0.3 is 6.09 Å². The number of anilines is 1. The first-order valence-corrected chi connectivity index (χ1v) is 10.4. The van der Waals surface area contributed by atoms with Gasteiger partial charge in [0.05, 0.1) is 19.8 Å².